The second kappa shape index (κ2) is 9.82. The van der Waals surface area contributed by atoms with Gasteiger partial charge >= 0.3 is 6.18 Å². The number of carbonyl (C=O) groups is 2. The van der Waals surface area contributed by atoms with E-state index in [0.29, 0.717) is 39.3 Å². The Hall–Kier alpha value is -3.07. The van der Waals surface area contributed by atoms with Crippen LogP contribution in [-0.2, 0) is 11.0 Å². The van der Waals surface area contributed by atoms with Crippen molar-refractivity contribution >= 4 is 17.5 Å². The predicted octanol–water partition coefficient (Wildman–Crippen LogP) is 2.81. The van der Waals surface area contributed by atoms with Gasteiger partial charge in [-0.2, -0.15) is 13.2 Å². The Morgan fingerprint density at radius 1 is 0.727 bits per heavy atom. The molecule has 9 heteroatoms. The smallest absolute Gasteiger partial charge is 0.368 e. The Kier molecular flexibility index (Phi) is 6.88. The Morgan fingerprint density at radius 3 is 1.94 bits per heavy atom. The number of hydrogen-bond donors (Lipinski definition) is 0. The zero-order chi connectivity index (χ0) is 23.4. The Bertz CT molecular complexity index is 967. The van der Waals surface area contributed by atoms with Crippen molar-refractivity contribution in [3.05, 3.63) is 65.7 Å². The Morgan fingerprint density at radius 2 is 1.30 bits per heavy atom. The van der Waals surface area contributed by atoms with Gasteiger partial charge in [0.1, 0.15) is 0 Å². The van der Waals surface area contributed by atoms with Crippen molar-refractivity contribution in [2.24, 2.45) is 0 Å². The monoisotopic (exact) mass is 460 g/mol. The number of anilines is 1. The molecule has 2 fully saturated rings. The topological polar surface area (TPSA) is 47.1 Å². The molecule has 0 saturated carbocycles. The van der Waals surface area contributed by atoms with Gasteiger partial charge < -0.3 is 14.7 Å². The lowest BCUT2D eigenvalue weighted by molar-refractivity contribution is -0.138. The van der Waals surface area contributed by atoms with Crippen molar-refractivity contribution < 1.29 is 22.8 Å². The second-order valence-electron chi connectivity index (χ2n) is 8.32. The second-order valence-corrected chi connectivity index (χ2v) is 8.32. The highest BCUT2D eigenvalue weighted by atomic mass is 19.4. The van der Waals surface area contributed by atoms with E-state index < -0.39 is 17.6 Å². The van der Waals surface area contributed by atoms with Gasteiger partial charge in [-0.25, -0.2) is 0 Å². The van der Waals surface area contributed by atoms with Gasteiger partial charge in [-0.05, 0) is 24.3 Å². The summed E-state index contributed by atoms with van der Waals surface area (Å²) in [6, 6.07) is 15.0. The van der Waals surface area contributed by atoms with Gasteiger partial charge in [0.25, 0.3) is 5.91 Å². The first-order valence-corrected chi connectivity index (χ1v) is 11.1. The van der Waals surface area contributed by atoms with Crippen LogP contribution in [0.2, 0.25) is 0 Å². The van der Waals surface area contributed by atoms with Crippen LogP contribution in [0.4, 0.5) is 18.9 Å². The van der Waals surface area contributed by atoms with Crippen LogP contribution in [0, 0.1) is 0 Å². The third-order valence-electron chi connectivity index (χ3n) is 6.23. The van der Waals surface area contributed by atoms with E-state index in [9.17, 15) is 22.8 Å². The Balaban J connectivity index is 1.26. The number of hydrogen-bond acceptors (Lipinski definition) is 4. The summed E-state index contributed by atoms with van der Waals surface area (Å²) in [6.45, 7) is 4.60. The zero-order valence-corrected chi connectivity index (χ0v) is 18.3. The summed E-state index contributed by atoms with van der Waals surface area (Å²) in [7, 11) is 0. The minimum atomic E-state index is -4.58. The number of nitrogens with zero attached hydrogens (tertiary/aromatic N) is 4. The highest BCUT2D eigenvalue weighted by Crippen LogP contribution is 2.32. The lowest BCUT2D eigenvalue weighted by Crippen LogP contribution is -2.54. The fraction of sp³-hybridized carbons (Fsp3) is 0.417. The van der Waals surface area contributed by atoms with Crippen LogP contribution in [0.5, 0.6) is 0 Å². The van der Waals surface area contributed by atoms with Gasteiger partial charge in [-0.15, -0.1) is 0 Å². The van der Waals surface area contributed by atoms with E-state index in [2.05, 4.69) is 17.0 Å². The number of amides is 2. The van der Waals surface area contributed by atoms with E-state index in [0.717, 1.165) is 24.8 Å². The third-order valence-corrected chi connectivity index (χ3v) is 6.23. The van der Waals surface area contributed by atoms with Crippen LogP contribution in [0.15, 0.2) is 54.6 Å². The molecule has 4 rings (SSSR count). The number of rotatable bonds is 4. The summed E-state index contributed by atoms with van der Waals surface area (Å²) in [5, 5.41) is 0. The van der Waals surface area contributed by atoms with Crippen LogP contribution < -0.4 is 4.90 Å². The van der Waals surface area contributed by atoms with Crippen LogP contribution in [-0.4, -0.2) is 85.4 Å². The fourth-order valence-corrected chi connectivity index (χ4v) is 4.34. The molecule has 176 valence electrons. The van der Waals surface area contributed by atoms with Gasteiger partial charge in [0.05, 0.1) is 17.7 Å². The lowest BCUT2D eigenvalue weighted by atomic mass is 10.1. The van der Waals surface area contributed by atoms with E-state index in [1.807, 2.05) is 28.0 Å². The molecule has 0 aromatic heterocycles. The summed E-state index contributed by atoms with van der Waals surface area (Å²) in [6.07, 6.45) is -4.58. The molecule has 33 heavy (non-hydrogen) atoms. The molecule has 2 aromatic carbocycles. The maximum absolute atomic E-state index is 13.3. The molecular weight excluding hydrogens is 433 g/mol. The van der Waals surface area contributed by atoms with E-state index in [1.165, 1.54) is 23.1 Å². The lowest BCUT2D eigenvalue weighted by Gasteiger charge is -2.38. The molecule has 2 aromatic rings. The molecule has 2 aliphatic rings. The van der Waals surface area contributed by atoms with Gasteiger partial charge in [0, 0.05) is 58.0 Å². The average Bonchev–Trinajstić information content (AvgIpc) is 2.84. The number of benzene rings is 2. The van der Waals surface area contributed by atoms with E-state index in [4.69, 9.17) is 0 Å². The maximum Gasteiger partial charge on any atom is 0.417 e. The summed E-state index contributed by atoms with van der Waals surface area (Å²) in [4.78, 5) is 33.0. The zero-order valence-electron chi connectivity index (χ0n) is 18.3. The first kappa shape index (κ1) is 23.1. The van der Waals surface area contributed by atoms with Crippen LogP contribution in [0.3, 0.4) is 0 Å². The summed E-state index contributed by atoms with van der Waals surface area (Å²) >= 11 is 0. The van der Waals surface area contributed by atoms with E-state index in [1.54, 1.807) is 0 Å². The number of para-hydroxylation sites is 1. The molecule has 0 bridgehead atoms. The van der Waals surface area contributed by atoms with Crippen molar-refractivity contribution in [1.29, 1.82) is 0 Å². The molecule has 0 unspecified atom stereocenters. The average molecular weight is 461 g/mol. The first-order valence-electron chi connectivity index (χ1n) is 11.1. The van der Waals surface area contributed by atoms with Crippen LogP contribution in [0.25, 0.3) is 0 Å². The van der Waals surface area contributed by atoms with Gasteiger partial charge in [0.2, 0.25) is 5.91 Å². The summed E-state index contributed by atoms with van der Waals surface area (Å²) < 4.78 is 39.8. The van der Waals surface area contributed by atoms with Crippen LogP contribution >= 0.6 is 0 Å². The standard InChI is InChI=1S/C24H27F3N4O2/c25-24(26,27)21-9-5-4-8-20(21)23(33)31-12-10-28(11-13-31)18-22(32)30-16-14-29(15-17-30)19-6-2-1-3-7-19/h1-9H,10-18H2. The molecule has 0 radical (unpaired) electrons. The molecule has 0 N–H and O–H groups in total. The van der Waals surface area contributed by atoms with Gasteiger partial charge in [0.15, 0.2) is 0 Å². The van der Waals surface area contributed by atoms with Gasteiger partial charge in [-0.1, -0.05) is 30.3 Å². The fourth-order valence-electron chi connectivity index (χ4n) is 4.34. The predicted molar refractivity (Wildman–Crippen MR) is 119 cm³/mol. The molecule has 2 saturated heterocycles. The molecule has 0 atom stereocenters. The number of alkyl halides is 3. The number of piperazine rings is 2. The highest BCUT2D eigenvalue weighted by Gasteiger charge is 2.36. The molecule has 2 heterocycles. The quantitative estimate of drug-likeness (QED) is 0.704. The largest absolute Gasteiger partial charge is 0.417 e. The van der Waals surface area contributed by atoms with Gasteiger partial charge in [-0.3, -0.25) is 14.5 Å². The maximum atomic E-state index is 13.3. The molecule has 0 spiro atoms. The Labute approximate surface area is 191 Å². The number of halogens is 3. The molecular formula is C24H27F3N4O2. The van der Waals surface area contributed by atoms with E-state index >= 15 is 0 Å². The third kappa shape index (κ3) is 5.47. The first-order chi connectivity index (χ1) is 15.8. The SMILES string of the molecule is O=C(CN1CCN(C(=O)c2ccccc2C(F)(F)F)CC1)N1CCN(c2ccccc2)CC1. The van der Waals surface area contributed by atoms with Crippen molar-refractivity contribution in [2.45, 2.75) is 6.18 Å². The van der Waals surface area contributed by atoms with Crippen molar-refractivity contribution in [3.63, 3.8) is 0 Å². The normalized spacial score (nSPS) is 17.8. The number of carbonyl (C=O) groups excluding carboxylic acids is 2. The minimum Gasteiger partial charge on any atom is -0.368 e. The van der Waals surface area contributed by atoms with Crippen molar-refractivity contribution in [3.8, 4) is 0 Å². The molecule has 2 amide bonds. The van der Waals surface area contributed by atoms with E-state index in [-0.39, 0.29) is 18.0 Å². The molecule has 2 aliphatic heterocycles. The molecule has 6 nitrogen and oxygen atoms in total. The van der Waals surface area contributed by atoms with Crippen molar-refractivity contribution in [2.75, 3.05) is 63.8 Å². The molecule has 0 aliphatic carbocycles. The van der Waals surface area contributed by atoms with Crippen molar-refractivity contribution in [1.82, 2.24) is 14.7 Å². The highest BCUT2D eigenvalue weighted by molar-refractivity contribution is 5.96. The van der Waals surface area contributed by atoms with Crippen LogP contribution in [0.1, 0.15) is 15.9 Å². The minimum absolute atomic E-state index is 0.0462. The summed E-state index contributed by atoms with van der Waals surface area (Å²) in [5.74, 6) is -0.573. The summed E-state index contributed by atoms with van der Waals surface area (Å²) in [5.41, 5.74) is -0.0921.